The zero-order valence-electron chi connectivity index (χ0n) is 12.3. The number of sulfonamides is 1. The second-order valence-electron chi connectivity index (χ2n) is 5.21. The molecule has 1 aromatic rings. The zero-order valence-corrected chi connectivity index (χ0v) is 14.0. The van der Waals surface area contributed by atoms with Gasteiger partial charge >= 0.3 is 0 Å². The van der Waals surface area contributed by atoms with Gasteiger partial charge in [0.1, 0.15) is 4.21 Å². The van der Waals surface area contributed by atoms with E-state index < -0.39 is 10.0 Å². The maximum Gasteiger partial charge on any atom is 0.252 e. The van der Waals surface area contributed by atoms with E-state index in [-0.39, 0.29) is 18.1 Å². The number of hydrogen-bond acceptors (Lipinski definition) is 5. The van der Waals surface area contributed by atoms with Crippen LogP contribution in [0, 0.1) is 0 Å². The second-order valence-corrected chi connectivity index (χ2v) is 8.54. The molecule has 1 saturated heterocycles. The number of carbonyl (C=O) groups excluding carboxylic acids is 1. The third kappa shape index (κ3) is 4.03. The Balaban J connectivity index is 2.14. The van der Waals surface area contributed by atoms with Crippen molar-refractivity contribution in [3.05, 3.63) is 17.0 Å². The van der Waals surface area contributed by atoms with Crippen LogP contribution < -0.4 is 5.32 Å². The molecule has 2 rings (SSSR count). The maximum atomic E-state index is 12.6. The van der Waals surface area contributed by atoms with E-state index in [1.54, 1.807) is 12.1 Å². The molecule has 0 radical (unpaired) electrons. The molecule has 0 aromatic carbocycles. The van der Waals surface area contributed by atoms with Gasteiger partial charge in [-0.2, -0.15) is 4.31 Å². The third-order valence-electron chi connectivity index (χ3n) is 3.13. The minimum absolute atomic E-state index is 0.109. The predicted octanol–water partition coefficient (Wildman–Crippen LogP) is 1.18. The van der Waals surface area contributed by atoms with Crippen LogP contribution in [-0.4, -0.2) is 43.9 Å². The van der Waals surface area contributed by atoms with Gasteiger partial charge in [-0.3, -0.25) is 4.79 Å². The average Bonchev–Trinajstić information content (AvgIpc) is 2.84. The van der Waals surface area contributed by atoms with Crippen molar-refractivity contribution in [2.45, 2.75) is 43.7 Å². The molecular weight excluding hydrogens is 312 g/mol. The molecular formula is C13H20N2O4S2. The van der Waals surface area contributed by atoms with Crippen molar-refractivity contribution < 1.29 is 17.9 Å². The number of morpholine rings is 1. The van der Waals surface area contributed by atoms with E-state index >= 15 is 0 Å². The number of carbonyl (C=O) groups is 1. The molecule has 2 atom stereocenters. The highest BCUT2D eigenvalue weighted by molar-refractivity contribution is 7.91. The number of ether oxygens (including phenoxy) is 1. The Morgan fingerprint density at radius 1 is 1.38 bits per heavy atom. The minimum atomic E-state index is -3.49. The van der Waals surface area contributed by atoms with Gasteiger partial charge < -0.3 is 10.1 Å². The zero-order chi connectivity index (χ0) is 15.6. The quantitative estimate of drug-likeness (QED) is 0.898. The summed E-state index contributed by atoms with van der Waals surface area (Å²) in [5.41, 5.74) is 0. The molecule has 1 aromatic heterocycles. The highest BCUT2D eigenvalue weighted by atomic mass is 32.2. The van der Waals surface area contributed by atoms with E-state index in [1.165, 1.54) is 22.6 Å². The van der Waals surface area contributed by atoms with Crippen LogP contribution >= 0.6 is 11.3 Å². The molecule has 0 bridgehead atoms. The molecule has 21 heavy (non-hydrogen) atoms. The molecule has 8 heteroatoms. The first kappa shape index (κ1) is 16.4. The summed E-state index contributed by atoms with van der Waals surface area (Å²) in [4.78, 5) is 11.7. The first-order valence-electron chi connectivity index (χ1n) is 6.78. The van der Waals surface area contributed by atoms with E-state index in [0.29, 0.717) is 23.8 Å². The molecule has 1 N–H and O–H groups in total. The number of hydrogen-bond donors (Lipinski definition) is 1. The maximum absolute atomic E-state index is 12.6. The van der Waals surface area contributed by atoms with Crippen LogP contribution in [0.2, 0.25) is 0 Å². The summed E-state index contributed by atoms with van der Waals surface area (Å²) in [5.74, 6) is -0.136. The van der Waals surface area contributed by atoms with Crippen molar-refractivity contribution in [1.29, 1.82) is 0 Å². The number of nitrogens with one attached hydrogen (secondary N) is 1. The number of thiophene rings is 1. The van der Waals surface area contributed by atoms with Gasteiger partial charge in [0.2, 0.25) is 5.91 Å². The Bertz CT molecular complexity index is 601. The molecule has 0 spiro atoms. The molecule has 6 nitrogen and oxygen atoms in total. The fourth-order valence-electron chi connectivity index (χ4n) is 2.26. The topological polar surface area (TPSA) is 75.7 Å². The van der Waals surface area contributed by atoms with E-state index in [9.17, 15) is 13.2 Å². The van der Waals surface area contributed by atoms with E-state index in [2.05, 4.69) is 5.32 Å². The van der Waals surface area contributed by atoms with Crippen LogP contribution in [0.1, 0.15) is 25.6 Å². The first-order valence-corrected chi connectivity index (χ1v) is 9.03. The molecule has 1 fully saturated rings. The van der Waals surface area contributed by atoms with Crippen molar-refractivity contribution in [2.24, 2.45) is 0 Å². The van der Waals surface area contributed by atoms with Gasteiger partial charge in [0.15, 0.2) is 0 Å². The van der Waals surface area contributed by atoms with Gasteiger partial charge in [-0.1, -0.05) is 0 Å². The molecule has 0 saturated carbocycles. The van der Waals surface area contributed by atoms with Crippen LogP contribution in [0.25, 0.3) is 0 Å². The Hall–Kier alpha value is -0.960. The highest BCUT2D eigenvalue weighted by Gasteiger charge is 2.33. The first-order chi connectivity index (χ1) is 9.79. The number of rotatable bonds is 4. The van der Waals surface area contributed by atoms with Crippen LogP contribution in [0.5, 0.6) is 0 Å². The smallest absolute Gasteiger partial charge is 0.252 e. The van der Waals surface area contributed by atoms with Gasteiger partial charge in [-0.05, 0) is 26.0 Å². The molecule has 118 valence electrons. The molecule has 1 aliphatic rings. The van der Waals surface area contributed by atoms with Crippen molar-refractivity contribution in [2.75, 3.05) is 13.1 Å². The van der Waals surface area contributed by atoms with Crippen molar-refractivity contribution >= 4 is 27.3 Å². The van der Waals surface area contributed by atoms with Gasteiger partial charge in [-0.25, -0.2) is 8.42 Å². The summed E-state index contributed by atoms with van der Waals surface area (Å²) in [6.07, 6.45) is -0.218. The number of nitrogens with zero attached hydrogens (tertiary/aromatic N) is 1. The monoisotopic (exact) mass is 332 g/mol. The van der Waals surface area contributed by atoms with Gasteiger partial charge in [-0.15, -0.1) is 11.3 Å². The lowest BCUT2D eigenvalue weighted by atomic mass is 10.3. The van der Waals surface area contributed by atoms with Gasteiger partial charge in [0.25, 0.3) is 10.0 Å². The average molecular weight is 332 g/mol. The summed E-state index contributed by atoms with van der Waals surface area (Å²) >= 11 is 1.19. The lowest BCUT2D eigenvalue weighted by Crippen LogP contribution is -2.47. The number of amides is 1. The van der Waals surface area contributed by atoms with Crippen LogP contribution in [-0.2, 0) is 26.1 Å². The molecule has 1 amide bonds. The Kier molecular flexibility index (Phi) is 5.03. The molecule has 2 unspecified atom stereocenters. The normalized spacial score (nSPS) is 24.0. The molecule has 1 aliphatic heterocycles. The lowest BCUT2D eigenvalue weighted by molar-refractivity contribution is -0.119. The van der Waals surface area contributed by atoms with Gasteiger partial charge in [0.05, 0.1) is 18.8 Å². The standard InChI is InChI=1S/C13H20N2O4S2/c1-9-7-15(8-10(2)19-9)21(17,18)13-5-4-12(20-13)6-14-11(3)16/h4-5,9-10H,6-8H2,1-3H3,(H,14,16). The lowest BCUT2D eigenvalue weighted by Gasteiger charge is -2.34. The Morgan fingerprint density at radius 2 is 2.00 bits per heavy atom. The van der Waals surface area contributed by atoms with Gasteiger partial charge in [0, 0.05) is 24.9 Å². The summed E-state index contributed by atoms with van der Waals surface area (Å²) in [7, 11) is -3.49. The van der Waals surface area contributed by atoms with Crippen LogP contribution in [0.3, 0.4) is 0 Å². The summed E-state index contributed by atoms with van der Waals surface area (Å²) < 4.78 is 32.6. The Labute approximate surface area is 129 Å². The predicted molar refractivity (Wildman–Crippen MR) is 80.6 cm³/mol. The Morgan fingerprint density at radius 3 is 2.57 bits per heavy atom. The van der Waals surface area contributed by atoms with E-state index in [0.717, 1.165) is 4.88 Å². The highest BCUT2D eigenvalue weighted by Crippen LogP contribution is 2.27. The summed E-state index contributed by atoms with van der Waals surface area (Å²) in [5, 5.41) is 2.66. The SMILES string of the molecule is CC(=O)NCc1ccc(S(=O)(=O)N2CC(C)OC(C)C2)s1. The van der Waals surface area contributed by atoms with Crippen molar-refractivity contribution in [1.82, 2.24) is 9.62 Å². The third-order valence-corrected chi connectivity index (χ3v) is 6.51. The van der Waals surface area contributed by atoms with Crippen molar-refractivity contribution in [3.8, 4) is 0 Å². The molecule has 0 aliphatic carbocycles. The largest absolute Gasteiger partial charge is 0.373 e. The minimum Gasteiger partial charge on any atom is -0.373 e. The van der Waals surface area contributed by atoms with Crippen LogP contribution in [0.4, 0.5) is 0 Å². The second kappa shape index (κ2) is 6.43. The fraction of sp³-hybridized carbons (Fsp3) is 0.615. The van der Waals surface area contributed by atoms with Crippen molar-refractivity contribution in [3.63, 3.8) is 0 Å². The summed E-state index contributed by atoms with van der Waals surface area (Å²) in [6, 6.07) is 3.34. The molecule has 2 heterocycles. The van der Waals surface area contributed by atoms with E-state index in [1.807, 2.05) is 13.8 Å². The summed E-state index contributed by atoms with van der Waals surface area (Å²) in [6.45, 7) is 6.26. The van der Waals surface area contributed by atoms with E-state index in [4.69, 9.17) is 4.74 Å². The fourth-order valence-corrected chi connectivity index (χ4v) is 5.30. The van der Waals surface area contributed by atoms with Crippen LogP contribution in [0.15, 0.2) is 16.3 Å².